The molecule has 6 nitrogen and oxygen atoms in total. The molecule has 1 fully saturated rings. The number of aryl methyl sites for hydroxylation is 1. The van der Waals surface area contributed by atoms with Gasteiger partial charge in [-0.25, -0.2) is 0 Å². The molecule has 1 amide bonds. The van der Waals surface area contributed by atoms with Gasteiger partial charge in [-0.15, -0.1) is 0 Å². The summed E-state index contributed by atoms with van der Waals surface area (Å²) >= 11 is 0. The molecule has 1 saturated heterocycles. The molecule has 2 aromatic rings. The number of primary amides is 1. The van der Waals surface area contributed by atoms with Gasteiger partial charge in [0.1, 0.15) is 0 Å². The summed E-state index contributed by atoms with van der Waals surface area (Å²) < 4.78 is 5.41. The molecule has 1 aromatic carbocycles. The van der Waals surface area contributed by atoms with E-state index in [9.17, 15) is 4.79 Å². The molecular weight excluding hydrogens is 268 g/mol. The Morgan fingerprint density at radius 3 is 3.05 bits per heavy atom. The molecule has 2 N–H and O–H groups in total. The number of benzene rings is 1. The molecule has 6 heteroatoms. The van der Waals surface area contributed by atoms with Crippen molar-refractivity contribution >= 4 is 5.91 Å². The second kappa shape index (κ2) is 5.65. The highest BCUT2D eigenvalue weighted by molar-refractivity contribution is 5.75. The van der Waals surface area contributed by atoms with Crippen LogP contribution in [0.1, 0.15) is 23.8 Å². The van der Waals surface area contributed by atoms with Crippen LogP contribution < -0.4 is 5.73 Å². The van der Waals surface area contributed by atoms with Crippen molar-refractivity contribution in [3.63, 3.8) is 0 Å². The van der Waals surface area contributed by atoms with Crippen LogP contribution >= 0.6 is 0 Å². The molecule has 110 valence electrons. The van der Waals surface area contributed by atoms with E-state index in [-0.39, 0.29) is 18.4 Å². The topological polar surface area (TPSA) is 85.3 Å². The Labute approximate surface area is 122 Å². The molecule has 0 saturated carbocycles. The largest absolute Gasteiger partial charge is 0.369 e. The van der Waals surface area contributed by atoms with E-state index in [1.165, 1.54) is 0 Å². The number of amides is 1. The second-order valence-corrected chi connectivity index (χ2v) is 5.46. The van der Waals surface area contributed by atoms with Gasteiger partial charge in [-0.1, -0.05) is 29.4 Å². The van der Waals surface area contributed by atoms with E-state index >= 15 is 0 Å². The average molecular weight is 286 g/mol. The minimum Gasteiger partial charge on any atom is -0.369 e. The second-order valence-electron chi connectivity index (χ2n) is 5.46. The van der Waals surface area contributed by atoms with Gasteiger partial charge >= 0.3 is 0 Å². The lowest BCUT2D eigenvalue weighted by molar-refractivity contribution is -0.118. The van der Waals surface area contributed by atoms with Crippen LogP contribution in [0.15, 0.2) is 28.8 Å². The molecule has 2 heterocycles. The van der Waals surface area contributed by atoms with Crippen molar-refractivity contribution in [1.29, 1.82) is 0 Å². The summed E-state index contributed by atoms with van der Waals surface area (Å²) in [4.78, 5) is 17.5. The van der Waals surface area contributed by atoms with Gasteiger partial charge in [0.25, 0.3) is 0 Å². The zero-order chi connectivity index (χ0) is 14.8. The fraction of sp³-hybridized carbons (Fsp3) is 0.400. The van der Waals surface area contributed by atoms with Crippen LogP contribution in [-0.4, -0.2) is 40.6 Å². The Bertz CT molecular complexity index is 653. The van der Waals surface area contributed by atoms with Crippen LogP contribution in [0.2, 0.25) is 0 Å². The van der Waals surface area contributed by atoms with Crippen molar-refractivity contribution in [1.82, 2.24) is 15.0 Å². The summed E-state index contributed by atoms with van der Waals surface area (Å²) in [5, 5.41) is 4.08. The van der Waals surface area contributed by atoms with E-state index in [4.69, 9.17) is 10.3 Å². The van der Waals surface area contributed by atoms with Gasteiger partial charge in [-0.3, -0.25) is 9.69 Å². The van der Waals surface area contributed by atoms with Crippen molar-refractivity contribution < 1.29 is 9.32 Å². The minimum atomic E-state index is -0.304. The predicted octanol–water partition coefficient (Wildman–Crippen LogP) is 1.32. The molecule has 1 aromatic heterocycles. The Kier molecular flexibility index (Phi) is 3.70. The molecule has 0 radical (unpaired) electrons. The Morgan fingerprint density at radius 1 is 1.48 bits per heavy atom. The summed E-state index contributed by atoms with van der Waals surface area (Å²) in [5.41, 5.74) is 7.32. The molecule has 1 aliphatic rings. The molecule has 0 bridgehead atoms. The van der Waals surface area contributed by atoms with E-state index < -0.39 is 0 Å². The summed E-state index contributed by atoms with van der Waals surface area (Å²) in [6.45, 7) is 3.87. The fourth-order valence-electron chi connectivity index (χ4n) is 2.73. The highest BCUT2D eigenvalue weighted by atomic mass is 16.5. The van der Waals surface area contributed by atoms with E-state index in [0.29, 0.717) is 11.7 Å². The van der Waals surface area contributed by atoms with E-state index in [1.54, 1.807) is 0 Å². The third-order valence-corrected chi connectivity index (χ3v) is 3.83. The van der Waals surface area contributed by atoms with E-state index in [1.807, 2.05) is 36.1 Å². The number of hydrogen-bond acceptors (Lipinski definition) is 5. The number of nitrogens with two attached hydrogens (primary N) is 1. The van der Waals surface area contributed by atoms with Crippen LogP contribution in [0, 0.1) is 6.92 Å². The van der Waals surface area contributed by atoms with E-state index in [2.05, 4.69) is 10.1 Å². The molecule has 1 atom stereocenters. The lowest BCUT2D eigenvalue weighted by Gasteiger charge is -2.11. The molecule has 3 rings (SSSR count). The number of aromatic nitrogens is 2. The quantitative estimate of drug-likeness (QED) is 0.916. The number of likely N-dealkylation sites (tertiary alicyclic amines) is 1. The van der Waals surface area contributed by atoms with E-state index in [0.717, 1.165) is 30.6 Å². The monoisotopic (exact) mass is 286 g/mol. The maximum absolute atomic E-state index is 11.0. The molecule has 0 unspecified atom stereocenters. The zero-order valence-electron chi connectivity index (χ0n) is 12.0. The highest BCUT2D eigenvalue weighted by Crippen LogP contribution is 2.28. The summed E-state index contributed by atoms with van der Waals surface area (Å²) in [5.74, 6) is 1.13. The minimum absolute atomic E-state index is 0.176. The molecular formula is C15H18N4O2. The normalized spacial score (nSPS) is 19.0. The predicted molar refractivity (Wildman–Crippen MR) is 77.5 cm³/mol. The standard InChI is InChI=1S/C15H18N4O2/c1-10-4-2-3-5-12(10)14-17-15(21-18-14)11-6-7-19(8-11)9-13(16)20/h2-5,11H,6-9H2,1H3,(H2,16,20)/t11-/m1/s1. The number of carbonyl (C=O) groups excluding carboxylic acids is 1. The maximum atomic E-state index is 11.0. The number of carbonyl (C=O) groups is 1. The van der Waals surface area contributed by atoms with Crippen LogP contribution in [0.4, 0.5) is 0 Å². The fourth-order valence-corrected chi connectivity index (χ4v) is 2.73. The first kappa shape index (κ1) is 13.8. The van der Waals surface area contributed by atoms with Crippen LogP contribution in [-0.2, 0) is 4.79 Å². The average Bonchev–Trinajstić information content (AvgIpc) is 3.07. The van der Waals surface area contributed by atoms with Gasteiger partial charge in [0.15, 0.2) is 0 Å². The lowest BCUT2D eigenvalue weighted by atomic mass is 10.1. The van der Waals surface area contributed by atoms with Crippen LogP contribution in [0.25, 0.3) is 11.4 Å². The maximum Gasteiger partial charge on any atom is 0.231 e. The first-order valence-electron chi connectivity index (χ1n) is 7.04. The number of hydrogen-bond donors (Lipinski definition) is 1. The van der Waals surface area contributed by atoms with Crippen molar-refractivity contribution in [2.75, 3.05) is 19.6 Å². The van der Waals surface area contributed by atoms with Crippen molar-refractivity contribution in [3.8, 4) is 11.4 Å². The van der Waals surface area contributed by atoms with Crippen LogP contribution in [0.5, 0.6) is 0 Å². The van der Waals surface area contributed by atoms with Gasteiger partial charge in [0.2, 0.25) is 17.6 Å². The van der Waals surface area contributed by atoms with Crippen molar-refractivity contribution in [2.24, 2.45) is 5.73 Å². The molecule has 21 heavy (non-hydrogen) atoms. The first-order chi connectivity index (χ1) is 10.1. The molecule has 1 aliphatic heterocycles. The zero-order valence-corrected chi connectivity index (χ0v) is 12.0. The highest BCUT2D eigenvalue weighted by Gasteiger charge is 2.29. The summed E-state index contributed by atoms with van der Waals surface area (Å²) in [6, 6.07) is 7.95. The van der Waals surface area contributed by atoms with Gasteiger partial charge < -0.3 is 10.3 Å². The van der Waals surface area contributed by atoms with Gasteiger partial charge in [0, 0.05) is 12.1 Å². The Hall–Kier alpha value is -2.21. The van der Waals surface area contributed by atoms with Crippen molar-refractivity contribution in [2.45, 2.75) is 19.3 Å². The van der Waals surface area contributed by atoms with Gasteiger partial charge in [-0.05, 0) is 25.5 Å². The van der Waals surface area contributed by atoms with Gasteiger partial charge in [0.05, 0.1) is 12.5 Å². The third-order valence-electron chi connectivity index (χ3n) is 3.83. The Morgan fingerprint density at radius 2 is 2.29 bits per heavy atom. The Balaban J connectivity index is 1.74. The smallest absolute Gasteiger partial charge is 0.231 e. The lowest BCUT2D eigenvalue weighted by Crippen LogP contribution is -2.31. The van der Waals surface area contributed by atoms with Crippen molar-refractivity contribution in [3.05, 3.63) is 35.7 Å². The number of rotatable bonds is 4. The molecule has 0 aliphatic carbocycles. The number of nitrogens with zero attached hydrogens (tertiary/aromatic N) is 3. The SMILES string of the molecule is Cc1ccccc1-c1noc([C@@H]2CCN(CC(N)=O)C2)n1. The molecule has 0 spiro atoms. The summed E-state index contributed by atoms with van der Waals surface area (Å²) in [6.07, 6.45) is 0.905. The van der Waals surface area contributed by atoms with Gasteiger partial charge in [-0.2, -0.15) is 4.98 Å². The summed E-state index contributed by atoms with van der Waals surface area (Å²) in [7, 11) is 0. The van der Waals surface area contributed by atoms with Crippen LogP contribution in [0.3, 0.4) is 0 Å². The third kappa shape index (κ3) is 2.95. The first-order valence-corrected chi connectivity index (χ1v) is 7.04.